The van der Waals surface area contributed by atoms with Crippen molar-refractivity contribution >= 4 is 17.3 Å². The number of likely N-dealkylation sites (tertiary alicyclic amines) is 1. The third-order valence-electron chi connectivity index (χ3n) is 5.23. The Hall–Kier alpha value is -2.48. The van der Waals surface area contributed by atoms with Gasteiger partial charge in [0.25, 0.3) is 0 Å². The average Bonchev–Trinajstić information content (AvgIpc) is 2.71. The van der Waals surface area contributed by atoms with Gasteiger partial charge in [-0.25, -0.2) is 4.39 Å². The van der Waals surface area contributed by atoms with Crippen molar-refractivity contribution in [3.05, 3.63) is 59.4 Å². The number of halogens is 1. The van der Waals surface area contributed by atoms with Crippen LogP contribution in [0.3, 0.4) is 0 Å². The lowest BCUT2D eigenvalue weighted by molar-refractivity contribution is -0.117. The fourth-order valence-electron chi connectivity index (χ4n) is 3.54. The summed E-state index contributed by atoms with van der Waals surface area (Å²) in [5.74, 6) is -0.428. The average molecular weight is 401 g/mol. The SMILES string of the molecule is CC(O)c1ccc(NC(=O)CN2CCC(Nc3ccc(F)cc3CO)CC2)cc1. The Kier molecular flexibility index (Phi) is 7.19. The van der Waals surface area contributed by atoms with Crippen LogP contribution in [0.15, 0.2) is 42.5 Å². The number of carbonyl (C=O) groups is 1. The number of benzene rings is 2. The maximum Gasteiger partial charge on any atom is 0.238 e. The Morgan fingerprint density at radius 2 is 1.90 bits per heavy atom. The number of piperidine rings is 1. The molecule has 0 bridgehead atoms. The van der Waals surface area contributed by atoms with Crippen LogP contribution in [0.5, 0.6) is 0 Å². The largest absolute Gasteiger partial charge is 0.392 e. The Morgan fingerprint density at radius 1 is 1.21 bits per heavy atom. The van der Waals surface area contributed by atoms with Gasteiger partial charge in [0, 0.05) is 36.1 Å². The van der Waals surface area contributed by atoms with E-state index in [0.29, 0.717) is 17.8 Å². The van der Waals surface area contributed by atoms with Crippen molar-refractivity contribution in [1.82, 2.24) is 4.90 Å². The van der Waals surface area contributed by atoms with E-state index >= 15 is 0 Å². The topological polar surface area (TPSA) is 84.8 Å². The predicted molar refractivity (Wildman–Crippen MR) is 111 cm³/mol. The minimum Gasteiger partial charge on any atom is -0.392 e. The van der Waals surface area contributed by atoms with Crippen LogP contribution < -0.4 is 10.6 Å². The monoisotopic (exact) mass is 401 g/mol. The summed E-state index contributed by atoms with van der Waals surface area (Å²) in [4.78, 5) is 14.4. The smallest absolute Gasteiger partial charge is 0.238 e. The second-order valence-corrected chi connectivity index (χ2v) is 7.50. The molecule has 0 saturated carbocycles. The maximum atomic E-state index is 13.3. The van der Waals surface area contributed by atoms with Gasteiger partial charge in [0.05, 0.1) is 19.3 Å². The highest BCUT2D eigenvalue weighted by Gasteiger charge is 2.21. The first-order chi connectivity index (χ1) is 13.9. The summed E-state index contributed by atoms with van der Waals surface area (Å²) in [5, 5.41) is 25.2. The van der Waals surface area contributed by atoms with Gasteiger partial charge in [-0.3, -0.25) is 9.69 Å². The van der Waals surface area contributed by atoms with Gasteiger partial charge in [-0.05, 0) is 55.7 Å². The molecule has 1 aliphatic rings. The van der Waals surface area contributed by atoms with E-state index in [1.165, 1.54) is 12.1 Å². The van der Waals surface area contributed by atoms with Crippen molar-refractivity contribution < 1.29 is 19.4 Å². The third-order valence-corrected chi connectivity index (χ3v) is 5.23. The first-order valence-electron chi connectivity index (χ1n) is 9.90. The number of amides is 1. The summed E-state index contributed by atoms with van der Waals surface area (Å²) in [6.07, 6.45) is 1.19. The maximum absolute atomic E-state index is 13.3. The second kappa shape index (κ2) is 9.82. The van der Waals surface area contributed by atoms with Gasteiger partial charge < -0.3 is 20.8 Å². The van der Waals surface area contributed by atoms with Gasteiger partial charge in [-0.1, -0.05) is 12.1 Å². The van der Waals surface area contributed by atoms with Crippen LogP contribution in [-0.2, 0) is 11.4 Å². The lowest BCUT2D eigenvalue weighted by Crippen LogP contribution is -2.42. The normalized spacial score (nSPS) is 16.4. The lowest BCUT2D eigenvalue weighted by atomic mass is 10.0. The van der Waals surface area contributed by atoms with E-state index in [9.17, 15) is 19.4 Å². The molecule has 4 N–H and O–H groups in total. The van der Waals surface area contributed by atoms with Crippen LogP contribution in [0, 0.1) is 5.82 Å². The first-order valence-corrected chi connectivity index (χ1v) is 9.90. The predicted octanol–water partition coefficient (Wildman–Crippen LogP) is 2.89. The minimum absolute atomic E-state index is 0.0673. The molecule has 156 valence electrons. The molecule has 1 fully saturated rings. The number of rotatable bonds is 7. The number of aliphatic hydroxyl groups excluding tert-OH is 2. The summed E-state index contributed by atoms with van der Waals surface area (Å²) >= 11 is 0. The van der Waals surface area contributed by atoms with Gasteiger partial charge >= 0.3 is 0 Å². The van der Waals surface area contributed by atoms with Gasteiger partial charge in [0.2, 0.25) is 5.91 Å². The van der Waals surface area contributed by atoms with E-state index in [4.69, 9.17) is 0 Å². The van der Waals surface area contributed by atoms with Gasteiger partial charge in [-0.2, -0.15) is 0 Å². The number of hydrogen-bond donors (Lipinski definition) is 4. The zero-order chi connectivity index (χ0) is 20.8. The molecule has 0 spiro atoms. The quantitative estimate of drug-likeness (QED) is 0.573. The summed E-state index contributed by atoms with van der Waals surface area (Å²) in [7, 11) is 0. The second-order valence-electron chi connectivity index (χ2n) is 7.50. The molecule has 2 aromatic carbocycles. The highest BCUT2D eigenvalue weighted by Crippen LogP contribution is 2.22. The number of hydrogen-bond acceptors (Lipinski definition) is 5. The summed E-state index contributed by atoms with van der Waals surface area (Å²) in [6.45, 7) is 3.37. The number of anilines is 2. The van der Waals surface area contributed by atoms with Crippen molar-refractivity contribution in [3.63, 3.8) is 0 Å². The summed E-state index contributed by atoms with van der Waals surface area (Å²) in [5.41, 5.74) is 2.83. The molecule has 0 aliphatic carbocycles. The standard InChI is InChI=1S/C22H28FN3O3/c1-15(28)16-2-5-19(6-3-16)25-22(29)13-26-10-8-20(9-11-26)24-21-7-4-18(23)12-17(21)14-27/h2-7,12,15,20,24,27-28H,8-11,13-14H2,1H3,(H,25,29). The Balaban J connectivity index is 1.45. The van der Waals surface area contributed by atoms with Crippen LogP contribution >= 0.6 is 0 Å². The van der Waals surface area contributed by atoms with E-state index in [0.717, 1.165) is 37.2 Å². The van der Waals surface area contributed by atoms with Crippen LogP contribution in [-0.4, -0.2) is 46.7 Å². The molecule has 1 unspecified atom stereocenters. The Morgan fingerprint density at radius 3 is 2.52 bits per heavy atom. The van der Waals surface area contributed by atoms with Crippen molar-refractivity contribution in [3.8, 4) is 0 Å². The molecule has 1 heterocycles. The van der Waals surface area contributed by atoms with Crippen molar-refractivity contribution in [2.75, 3.05) is 30.3 Å². The molecule has 3 rings (SSSR count). The molecule has 1 saturated heterocycles. The van der Waals surface area contributed by atoms with Crippen molar-refractivity contribution in [1.29, 1.82) is 0 Å². The van der Waals surface area contributed by atoms with Gasteiger partial charge in [0.15, 0.2) is 0 Å². The molecule has 6 nitrogen and oxygen atoms in total. The lowest BCUT2D eigenvalue weighted by Gasteiger charge is -2.32. The number of nitrogens with zero attached hydrogens (tertiary/aromatic N) is 1. The third kappa shape index (κ3) is 6.00. The van der Waals surface area contributed by atoms with E-state index in [1.54, 1.807) is 37.3 Å². The first kappa shape index (κ1) is 21.2. The fraction of sp³-hybridized carbons (Fsp3) is 0.409. The fourth-order valence-corrected chi connectivity index (χ4v) is 3.54. The summed E-state index contributed by atoms with van der Waals surface area (Å²) < 4.78 is 13.3. The summed E-state index contributed by atoms with van der Waals surface area (Å²) in [6, 6.07) is 11.8. The molecular formula is C22H28FN3O3. The number of carbonyl (C=O) groups excluding carboxylic acids is 1. The van der Waals surface area contributed by atoms with E-state index in [-0.39, 0.29) is 24.4 Å². The molecular weight excluding hydrogens is 373 g/mol. The minimum atomic E-state index is -0.530. The highest BCUT2D eigenvalue weighted by atomic mass is 19.1. The zero-order valence-electron chi connectivity index (χ0n) is 16.6. The van der Waals surface area contributed by atoms with Crippen molar-refractivity contribution in [2.24, 2.45) is 0 Å². The van der Waals surface area contributed by atoms with Crippen LogP contribution in [0.1, 0.15) is 37.0 Å². The number of nitrogens with one attached hydrogen (secondary N) is 2. The highest BCUT2D eigenvalue weighted by molar-refractivity contribution is 5.92. The molecule has 7 heteroatoms. The molecule has 1 atom stereocenters. The number of aliphatic hydroxyl groups is 2. The van der Waals surface area contributed by atoms with Gasteiger partial charge in [-0.15, -0.1) is 0 Å². The Bertz CT molecular complexity index is 819. The van der Waals surface area contributed by atoms with E-state index < -0.39 is 6.10 Å². The molecule has 29 heavy (non-hydrogen) atoms. The zero-order valence-corrected chi connectivity index (χ0v) is 16.6. The Labute approximate surface area is 170 Å². The van der Waals surface area contributed by atoms with E-state index in [1.807, 2.05) is 0 Å². The van der Waals surface area contributed by atoms with Crippen LogP contribution in [0.2, 0.25) is 0 Å². The molecule has 0 radical (unpaired) electrons. The molecule has 1 aliphatic heterocycles. The van der Waals surface area contributed by atoms with Crippen LogP contribution in [0.25, 0.3) is 0 Å². The van der Waals surface area contributed by atoms with Crippen LogP contribution in [0.4, 0.5) is 15.8 Å². The molecule has 0 aromatic heterocycles. The molecule has 2 aromatic rings. The van der Waals surface area contributed by atoms with Crippen molar-refractivity contribution in [2.45, 2.75) is 38.5 Å². The van der Waals surface area contributed by atoms with Gasteiger partial charge in [0.1, 0.15) is 5.82 Å². The molecule has 1 amide bonds. The van der Waals surface area contributed by atoms with E-state index in [2.05, 4.69) is 15.5 Å².